The maximum absolute atomic E-state index is 11.1. The number of rotatable bonds is 6. The molecule has 19 heavy (non-hydrogen) atoms. The Kier molecular flexibility index (Phi) is 4.37. The van der Waals surface area contributed by atoms with Gasteiger partial charge >= 0.3 is 5.69 Å². The fourth-order valence-corrected chi connectivity index (χ4v) is 2.42. The number of hydrogen-bond acceptors (Lipinski definition) is 7. The number of anilines is 1. The van der Waals surface area contributed by atoms with Gasteiger partial charge in [0, 0.05) is 12.1 Å². The van der Waals surface area contributed by atoms with Gasteiger partial charge in [0.1, 0.15) is 12.4 Å². The number of nitro groups is 1. The molecule has 1 rings (SSSR count). The van der Waals surface area contributed by atoms with Crippen LogP contribution in [-0.4, -0.2) is 41.6 Å². The van der Waals surface area contributed by atoms with Crippen LogP contribution in [0.5, 0.6) is 0 Å². The lowest BCUT2D eigenvalue weighted by Crippen LogP contribution is -2.47. The summed E-state index contributed by atoms with van der Waals surface area (Å²) in [6, 6.07) is 0. The first-order valence-corrected chi connectivity index (χ1v) is 7.17. The first-order chi connectivity index (χ1) is 8.59. The van der Waals surface area contributed by atoms with Crippen LogP contribution < -0.4 is 10.0 Å². The molecule has 0 saturated heterocycles. The smallest absolute Gasteiger partial charge is 0.305 e. The van der Waals surface area contributed by atoms with Crippen LogP contribution in [0, 0.1) is 10.1 Å². The molecule has 1 aromatic heterocycles. The fourth-order valence-electron chi connectivity index (χ4n) is 1.34. The predicted molar refractivity (Wildman–Crippen MR) is 69.2 cm³/mol. The van der Waals surface area contributed by atoms with Gasteiger partial charge in [0.25, 0.3) is 0 Å². The quantitative estimate of drug-likeness (QED) is 0.562. The summed E-state index contributed by atoms with van der Waals surface area (Å²) in [6.45, 7) is 3.61. The lowest BCUT2D eigenvalue weighted by atomic mass is 10.1. The molecule has 0 spiro atoms. The summed E-state index contributed by atoms with van der Waals surface area (Å²) in [6.07, 6.45) is 3.22. The summed E-state index contributed by atoms with van der Waals surface area (Å²) in [5.74, 6) is 0.189. The minimum atomic E-state index is -3.32. The molecular weight excluding hydrogens is 274 g/mol. The SMILES string of the molecule is CC(C)(CNc1ncc([N+](=O)[O-])cn1)NS(C)(=O)=O. The Bertz CT molecular complexity index is 554. The average molecular weight is 289 g/mol. The Morgan fingerprint density at radius 3 is 2.32 bits per heavy atom. The molecule has 0 saturated carbocycles. The van der Waals surface area contributed by atoms with Gasteiger partial charge < -0.3 is 5.32 Å². The Hall–Kier alpha value is -1.81. The molecule has 0 aliphatic heterocycles. The second kappa shape index (κ2) is 5.45. The van der Waals surface area contributed by atoms with Crippen LogP contribution in [0.1, 0.15) is 13.8 Å². The maximum Gasteiger partial charge on any atom is 0.305 e. The largest absolute Gasteiger partial charge is 0.352 e. The topological polar surface area (TPSA) is 127 Å². The Morgan fingerprint density at radius 1 is 1.37 bits per heavy atom. The van der Waals surface area contributed by atoms with E-state index in [9.17, 15) is 18.5 Å². The van der Waals surface area contributed by atoms with Gasteiger partial charge in [-0.05, 0) is 13.8 Å². The summed E-state index contributed by atoms with van der Waals surface area (Å²) in [5, 5.41) is 13.2. The third kappa shape index (κ3) is 5.57. The molecule has 9 nitrogen and oxygen atoms in total. The van der Waals surface area contributed by atoms with Crippen LogP contribution in [-0.2, 0) is 10.0 Å². The van der Waals surface area contributed by atoms with Gasteiger partial charge in [0.2, 0.25) is 16.0 Å². The summed E-state index contributed by atoms with van der Waals surface area (Å²) in [5.41, 5.74) is -0.947. The highest BCUT2D eigenvalue weighted by atomic mass is 32.2. The van der Waals surface area contributed by atoms with Gasteiger partial charge in [-0.1, -0.05) is 0 Å². The van der Waals surface area contributed by atoms with Crippen molar-refractivity contribution in [3.8, 4) is 0 Å². The number of aromatic nitrogens is 2. The third-order valence-corrected chi connectivity index (χ3v) is 2.92. The normalized spacial score (nSPS) is 12.2. The molecule has 0 fully saturated rings. The number of hydrogen-bond donors (Lipinski definition) is 2. The molecule has 2 N–H and O–H groups in total. The van der Waals surface area contributed by atoms with E-state index in [2.05, 4.69) is 20.0 Å². The molecule has 0 atom stereocenters. The molecule has 0 bridgehead atoms. The molecule has 1 heterocycles. The van der Waals surface area contributed by atoms with Crippen molar-refractivity contribution in [3.63, 3.8) is 0 Å². The van der Waals surface area contributed by atoms with E-state index < -0.39 is 20.5 Å². The van der Waals surface area contributed by atoms with Crippen molar-refractivity contribution in [3.05, 3.63) is 22.5 Å². The third-order valence-electron chi connectivity index (χ3n) is 2.00. The number of sulfonamides is 1. The van der Waals surface area contributed by atoms with Crippen LogP contribution in [0.25, 0.3) is 0 Å². The zero-order chi connectivity index (χ0) is 14.7. The van der Waals surface area contributed by atoms with E-state index in [1.54, 1.807) is 13.8 Å². The average Bonchev–Trinajstić information content (AvgIpc) is 2.24. The molecule has 106 valence electrons. The van der Waals surface area contributed by atoms with Crippen LogP contribution in [0.4, 0.5) is 11.6 Å². The molecule has 0 aromatic carbocycles. The Labute approximate surface area is 110 Å². The highest BCUT2D eigenvalue weighted by Crippen LogP contribution is 2.10. The van der Waals surface area contributed by atoms with Gasteiger partial charge in [-0.25, -0.2) is 23.1 Å². The Balaban J connectivity index is 2.64. The van der Waals surface area contributed by atoms with Crippen molar-refractivity contribution in [2.45, 2.75) is 19.4 Å². The highest BCUT2D eigenvalue weighted by molar-refractivity contribution is 7.88. The van der Waals surface area contributed by atoms with E-state index in [1.807, 2.05) is 0 Å². The van der Waals surface area contributed by atoms with E-state index in [0.29, 0.717) is 0 Å². The molecular formula is C9H15N5O4S. The van der Waals surface area contributed by atoms with Crippen molar-refractivity contribution >= 4 is 21.7 Å². The number of nitrogens with one attached hydrogen (secondary N) is 2. The molecule has 0 aliphatic carbocycles. The van der Waals surface area contributed by atoms with Crippen LogP contribution in [0.3, 0.4) is 0 Å². The predicted octanol–water partition coefficient (Wildman–Crippen LogP) is 0.125. The molecule has 1 aromatic rings. The first kappa shape index (κ1) is 15.2. The van der Waals surface area contributed by atoms with Crippen molar-refractivity contribution in [1.82, 2.24) is 14.7 Å². The molecule has 0 radical (unpaired) electrons. The first-order valence-electron chi connectivity index (χ1n) is 5.28. The minimum absolute atomic E-state index is 0.189. The van der Waals surface area contributed by atoms with E-state index in [-0.39, 0.29) is 18.2 Å². The molecule has 0 amide bonds. The molecule has 0 aliphatic rings. The van der Waals surface area contributed by atoms with Gasteiger partial charge in [0.05, 0.1) is 11.2 Å². The molecule has 0 unspecified atom stereocenters. The van der Waals surface area contributed by atoms with Crippen molar-refractivity contribution < 1.29 is 13.3 Å². The zero-order valence-electron chi connectivity index (χ0n) is 10.7. The second-order valence-corrected chi connectivity index (χ2v) is 6.38. The van der Waals surface area contributed by atoms with Gasteiger partial charge in [0.15, 0.2) is 0 Å². The van der Waals surface area contributed by atoms with E-state index in [1.165, 1.54) is 0 Å². The Morgan fingerprint density at radius 2 is 1.89 bits per heavy atom. The van der Waals surface area contributed by atoms with E-state index >= 15 is 0 Å². The summed E-state index contributed by atoms with van der Waals surface area (Å²) < 4.78 is 24.7. The molecule has 10 heteroatoms. The minimum Gasteiger partial charge on any atom is -0.352 e. The van der Waals surface area contributed by atoms with Crippen LogP contribution >= 0.6 is 0 Å². The number of nitrogens with zero attached hydrogens (tertiary/aromatic N) is 3. The standard InChI is InChI=1S/C9H15N5O4S/c1-9(2,13-19(3,17)18)6-12-8-10-4-7(5-11-8)14(15)16/h4-5,13H,6H2,1-3H3,(H,10,11,12). The van der Waals surface area contributed by atoms with E-state index in [4.69, 9.17) is 0 Å². The van der Waals surface area contributed by atoms with Crippen LogP contribution in [0.2, 0.25) is 0 Å². The lowest BCUT2D eigenvalue weighted by Gasteiger charge is -2.25. The van der Waals surface area contributed by atoms with Crippen molar-refractivity contribution in [2.75, 3.05) is 18.1 Å². The highest BCUT2D eigenvalue weighted by Gasteiger charge is 2.22. The second-order valence-electron chi connectivity index (χ2n) is 4.63. The van der Waals surface area contributed by atoms with Gasteiger partial charge in [-0.2, -0.15) is 0 Å². The summed E-state index contributed by atoms with van der Waals surface area (Å²) >= 11 is 0. The van der Waals surface area contributed by atoms with E-state index in [0.717, 1.165) is 18.6 Å². The van der Waals surface area contributed by atoms with Crippen molar-refractivity contribution in [2.24, 2.45) is 0 Å². The van der Waals surface area contributed by atoms with Gasteiger partial charge in [-0.3, -0.25) is 10.1 Å². The summed E-state index contributed by atoms with van der Waals surface area (Å²) in [7, 11) is -3.32. The maximum atomic E-state index is 11.1. The van der Waals surface area contributed by atoms with Crippen molar-refractivity contribution in [1.29, 1.82) is 0 Å². The summed E-state index contributed by atoms with van der Waals surface area (Å²) in [4.78, 5) is 17.3. The zero-order valence-corrected chi connectivity index (χ0v) is 11.6. The van der Waals surface area contributed by atoms with Gasteiger partial charge in [-0.15, -0.1) is 0 Å². The van der Waals surface area contributed by atoms with Crippen LogP contribution in [0.15, 0.2) is 12.4 Å². The lowest BCUT2D eigenvalue weighted by molar-refractivity contribution is -0.385. The fraction of sp³-hybridized carbons (Fsp3) is 0.556. The monoisotopic (exact) mass is 289 g/mol.